The first-order valence-electron chi connectivity index (χ1n) is 6.31. The molecule has 1 saturated heterocycles. The topological polar surface area (TPSA) is 110 Å². The molecular formula is C12H20O6. The van der Waals surface area contributed by atoms with Crippen molar-refractivity contribution in [2.75, 3.05) is 0 Å². The summed E-state index contributed by atoms with van der Waals surface area (Å²) >= 11 is 0. The Bertz CT molecular complexity index is 321. The summed E-state index contributed by atoms with van der Waals surface area (Å²) in [6.45, 7) is 0. The molecule has 5 atom stereocenters. The Morgan fingerprint density at radius 2 is 1.67 bits per heavy atom. The van der Waals surface area contributed by atoms with Gasteiger partial charge in [0.1, 0.15) is 30.2 Å². The van der Waals surface area contributed by atoms with Crippen molar-refractivity contribution < 1.29 is 30.3 Å². The zero-order valence-electron chi connectivity index (χ0n) is 10.1. The molecule has 5 N–H and O–H groups in total. The van der Waals surface area contributed by atoms with E-state index in [0.717, 1.165) is 37.7 Å². The molecular weight excluding hydrogens is 240 g/mol. The van der Waals surface area contributed by atoms with Gasteiger partial charge in [0.2, 0.25) is 0 Å². The van der Waals surface area contributed by atoms with E-state index in [4.69, 9.17) is 4.74 Å². The quantitative estimate of drug-likeness (QED) is 0.431. The number of hydrogen-bond donors (Lipinski definition) is 5. The number of aliphatic hydroxyl groups is 5. The van der Waals surface area contributed by atoms with Gasteiger partial charge in [-0.1, -0.05) is 6.42 Å². The van der Waals surface area contributed by atoms with Gasteiger partial charge in [0.05, 0.1) is 0 Å². The van der Waals surface area contributed by atoms with Crippen LogP contribution >= 0.6 is 0 Å². The van der Waals surface area contributed by atoms with E-state index in [1.165, 1.54) is 0 Å². The fourth-order valence-corrected chi connectivity index (χ4v) is 2.55. The van der Waals surface area contributed by atoms with Gasteiger partial charge in [0, 0.05) is 0 Å². The standard InChI is InChI=1S/C12H20O6/c13-7(6-4-2-1-3-5-6)8(14)11-9(15)10(16)12(17)18-11/h8-17H,1-5H2/t8-,9+,10-,11-,12?/m1/s1. The zero-order valence-corrected chi connectivity index (χ0v) is 10.1. The maximum Gasteiger partial charge on any atom is 0.184 e. The third-order valence-electron chi connectivity index (χ3n) is 3.69. The molecule has 0 bridgehead atoms. The van der Waals surface area contributed by atoms with E-state index in [-0.39, 0.29) is 5.76 Å². The Morgan fingerprint density at radius 1 is 1.06 bits per heavy atom. The average Bonchev–Trinajstić information content (AvgIpc) is 2.66. The lowest BCUT2D eigenvalue weighted by atomic mass is 9.91. The van der Waals surface area contributed by atoms with Gasteiger partial charge in [-0.05, 0) is 31.3 Å². The van der Waals surface area contributed by atoms with Crippen molar-refractivity contribution in [3.63, 3.8) is 0 Å². The minimum atomic E-state index is -1.54. The van der Waals surface area contributed by atoms with Crippen LogP contribution in [-0.4, -0.2) is 56.2 Å². The summed E-state index contributed by atoms with van der Waals surface area (Å²) in [5.41, 5.74) is 0.764. The van der Waals surface area contributed by atoms with Crippen LogP contribution in [0.15, 0.2) is 11.3 Å². The lowest BCUT2D eigenvalue weighted by Crippen LogP contribution is -2.40. The summed E-state index contributed by atoms with van der Waals surface area (Å²) in [7, 11) is 0. The van der Waals surface area contributed by atoms with Gasteiger partial charge >= 0.3 is 0 Å². The summed E-state index contributed by atoms with van der Waals surface area (Å²) < 4.78 is 4.87. The largest absolute Gasteiger partial charge is 0.509 e. The second-order valence-electron chi connectivity index (χ2n) is 4.97. The molecule has 1 saturated carbocycles. The molecule has 1 aliphatic heterocycles. The van der Waals surface area contributed by atoms with Crippen LogP contribution in [0.1, 0.15) is 32.1 Å². The summed E-state index contributed by atoms with van der Waals surface area (Å²) in [6.07, 6.45) is -2.57. The first-order chi connectivity index (χ1) is 8.52. The van der Waals surface area contributed by atoms with E-state index in [1.807, 2.05) is 0 Å². The maximum absolute atomic E-state index is 9.97. The van der Waals surface area contributed by atoms with Crippen molar-refractivity contribution in [2.45, 2.75) is 62.8 Å². The lowest BCUT2D eigenvalue weighted by Gasteiger charge is -2.24. The SMILES string of the molecule is OC(=C1CCCCC1)[C@@H](O)[C@H]1OC(O)[C@H](O)[C@@H]1O. The van der Waals surface area contributed by atoms with Crippen LogP contribution < -0.4 is 0 Å². The summed E-state index contributed by atoms with van der Waals surface area (Å²) in [5.74, 6) is -0.194. The molecule has 18 heavy (non-hydrogen) atoms. The Balaban J connectivity index is 2.09. The van der Waals surface area contributed by atoms with Crippen molar-refractivity contribution >= 4 is 0 Å². The minimum Gasteiger partial charge on any atom is -0.509 e. The van der Waals surface area contributed by atoms with Gasteiger partial charge in [0.25, 0.3) is 0 Å². The van der Waals surface area contributed by atoms with Crippen LogP contribution in [0.3, 0.4) is 0 Å². The highest BCUT2D eigenvalue weighted by Gasteiger charge is 2.46. The fraction of sp³-hybridized carbons (Fsp3) is 0.833. The highest BCUT2D eigenvalue weighted by Crippen LogP contribution is 2.30. The summed E-state index contributed by atoms with van der Waals surface area (Å²) in [4.78, 5) is 0. The lowest BCUT2D eigenvalue weighted by molar-refractivity contribution is -0.144. The number of aliphatic hydroxyl groups excluding tert-OH is 5. The first kappa shape index (κ1) is 13.8. The normalized spacial score (nSPS) is 38.8. The molecule has 1 heterocycles. The Kier molecular flexibility index (Phi) is 4.24. The van der Waals surface area contributed by atoms with Gasteiger partial charge in [-0.15, -0.1) is 0 Å². The second-order valence-corrected chi connectivity index (χ2v) is 4.97. The van der Waals surface area contributed by atoms with E-state index < -0.39 is 30.7 Å². The molecule has 0 aromatic carbocycles. The van der Waals surface area contributed by atoms with Gasteiger partial charge in [-0.2, -0.15) is 0 Å². The smallest absolute Gasteiger partial charge is 0.184 e. The molecule has 1 unspecified atom stereocenters. The van der Waals surface area contributed by atoms with Crippen LogP contribution in [0.4, 0.5) is 0 Å². The number of rotatable bonds is 2. The number of allylic oxidation sites excluding steroid dienone is 1. The number of hydrogen-bond acceptors (Lipinski definition) is 6. The molecule has 2 rings (SSSR count). The molecule has 6 nitrogen and oxygen atoms in total. The fourth-order valence-electron chi connectivity index (χ4n) is 2.55. The van der Waals surface area contributed by atoms with Gasteiger partial charge in [-0.3, -0.25) is 0 Å². The third-order valence-corrected chi connectivity index (χ3v) is 3.69. The van der Waals surface area contributed by atoms with Crippen LogP contribution in [-0.2, 0) is 4.74 Å². The Hall–Kier alpha value is -0.660. The second kappa shape index (κ2) is 5.54. The molecule has 104 valence electrons. The van der Waals surface area contributed by atoms with Crippen LogP contribution in [0.5, 0.6) is 0 Å². The van der Waals surface area contributed by atoms with E-state index >= 15 is 0 Å². The molecule has 0 radical (unpaired) electrons. The molecule has 2 aliphatic rings. The molecule has 0 amide bonds. The highest BCUT2D eigenvalue weighted by atomic mass is 16.6. The van der Waals surface area contributed by atoms with Crippen LogP contribution in [0.25, 0.3) is 0 Å². The Morgan fingerprint density at radius 3 is 2.17 bits per heavy atom. The number of ether oxygens (including phenoxy) is 1. The van der Waals surface area contributed by atoms with E-state index in [1.54, 1.807) is 0 Å². The van der Waals surface area contributed by atoms with Crippen molar-refractivity contribution in [2.24, 2.45) is 0 Å². The highest BCUT2D eigenvalue weighted by molar-refractivity contribution is 5.16. The predicted octanol–water partition coefficient (Wildman–Crippen LogP) is -0.438. The molecule has 0 spiro atoms. The van der Waals surface area contributed by atoms with Crippen LogP contribution in [0, 0.1) is 0 Å². The summed E-state index contributed by atoms with van der Waals surface area (Å²) in [5, 5.41) is 48.1. The monoisotopic (exact) mass is 260 g/mol. The molecule has 2 fully saturated rings. The molecule has 1 aliphatic carbocycles. The molecule has 0 aromatic rings. The third kappa shape index (κ3) is 2.53. The van der Waals surface area contributed by atoms with Crippen LogP contribution in [0.2, 0.25) is 0 Å². The van der Waals surface area contributed by atoms with Crippen molar-refractivity contribution in [1.82, 2.24) is 0 Å². The van der Waals surface area contributed by atoms with Crippen molar-refractivity contribution in [1.29, 1.82) is 0 Å². The van der Waals surface area contributed by atoms with E-state index in [0.29, 0.717) is 0 Å². The summed E-state index contributed by atoms with van der Waals surface area (Å²) in [6, 6.07) is 0. The van der Waals surface area contributed by atoms with E-state index in [2.05, 4.69) is 0 Å². The van der Waals surface area contributed by atoms with E-state index in [9.17, 15) is 25.5 Å². The zero-order chi connectivity index (χ0) is 13.3. The van der Waals surface area contributed by atoms with Gasteiger partial charge < -0.3 is 30.3 Å². The van der Waals surface area contributed by atoms with Gasteiger partial charge in [-0.25, -0.2) is 0 Å². The molecule has 0 aromatic heterocycles. The average molecular weight is 260 g/mol. The predicted molar refractivity (Wildman–Crippen MR) is 61.6 cm³/mol. The Labute approximate surface area is 105 Å². The minimum absolute atomic E-state index is 0.194. The molecule has 6 heteroatoms. The maximum atomic E-state index is 9.97. The van der Waals surface area contributed by atoms with Crippen molar-refractivity contribution in [3.8, 4) is 0 Å². The van der Waals surface area contributed by atoms with Gasteiger partial charge in [0.15, 0.2) is 6.29 Å². The van der Waals surface area contributed by atoms with Crippen molar-refractivity contribution in [3.05, 3.63) is 11.3 Å². The first-order valence-corrected chi connectivity index (χ1v) is 6.31.